The summed E-state index contributed by atoms with van der Waals surface area (Å²) in [4.78, 5) is 12.6. The molecule has 0 bridgehead atoms. The fourth-order valence-electron chi connectivity index (χ4n) is 2.59. The Labute approximate surface area is 167 Å². The molecule has 0 saturated heterocycles. The molecule has 0 radical (unpaired) electrons. The Bertz CT molecular complexity index is 910. The summed E-state index contributed by atoms with van der Waals surface area (Å²) in [5.41, 5.74) is 3.22. The zero-order valence-electron chi connectivity index (χ0n) is 15.7. The maximum atomic E-state index is 12.6. The minimum atomic E-state index is -0.462. The Morgan fingerprint density at radius 3 is 2.48 bits per heavy atom. The molecule has 2 rings (SSSR count). The topological polar surface area (TPSA) is 71.3 Å². The zero-order valence-corrected chi connectivity index (χ0v) is 17.3. The van der Waals surface area contributed by atoms with Gasteiger partial charge in [-0.15, -0.1) is 0 Å². The summed E-state index contributed by atoms with van der Waals surface area (Å²) in [6.07, 6.45) is 1.52. The molecule has 0 heterocycles. The Hall–Kier alpha value is -2.78. The number of anilines is 1. The van der Waals surface area contributed by atoms with Crippen LogP contribution in [0.1, 0.15) is 23.6 Å². The number of para-hydroxylation sites is 1. The number of ether oxygens (including phenoxy) is 2. The molecule has 2 aromatic rings. The first-order valence-corrected chi connectivity index (χ1v) is 9.20. The lowest BCUT2D eigenvalue weighted by Gasteiger charge is -2.13. The van der Waals surface area contributed by atoms with Crippen molar-refractivity contribution in [3.8, 4) is 17.6 Å². The molecule has 0 spiro atoms. The smallest absolute Gasteiger partial charge is 0.266 e. The van der Waals surface area contributed by atoms with Crippen molar-refractivity contribution < 1.29 is 14.3 Å². The van der Waals surface area contributed by atoms with Crippen molar-refractivity contribution in [2.45, 2.75) is 20.8 Å². The van der Waals surface area contributed by atoms with Gasteiger partial charge in [-0.1, -0.05) is 34.1 Å². The molecule has 0 unspecified atom stereocenters. The fraction of sp³-hybridized carbons (Fsp3) is 0.238. The van der Waals surface area contributed by atoms with Gasteiger partial charge in [-0.3, -0.25) is 4.79 Å². The second-order valence-electron chi connectivity index (χ2n) is 5.85. The molecule has 0 fully saturated rings. The number of methoxy groups -OCH3 is 1. The van der Waals surface area contributed by atoms with Crippen LogP contribution in [-0.2, 0) is 4.79 Å². The number of halogens is 1. The van der Waals surface area contributed by atoms with Crippen molar-refractivity contribution >= 4 is 33.6 Å². The van der Waals surface area contributed by atoms with Crippen LogP contribution in [0.15, 0.2) is 40.4 Å². The number of nitrogens with zero attached hydrogens (tertiary/aromatic N) is 1. The second kappa shape index (κ2) is 9.24. The first-order chi connectivity index (χ1) is 12.9. The van der Waals surface area contributed by atoms with Gasteiger partial charge in [-0.25, -0.2) is 0 Å². The summed E-state index contributed by atoms with van der Waals surface area (Å²) >= 11 is 3.45. The largest absolute Gasteiger partial charge is 0.493 e. The molecular formula is C21H21BrN2O3. The van der Waals surface area contributed by atoms with E-state index >= 15 is 0 Å². The fourth-order valence-corrected chi connectivity index (χ4v) is 3.02. The highest BCUT2D eigenvalue weighted by molar-refractivity contribution is 9.10. The third-order valence-corrected chi connectivity index (χ3v) is 4.65. The minimum absolute atomic E-state index is 0.00836. The van der Waals surface area contributed by atoms with Gasteiger partial charge in [0.2, 0.25) is 0 Å². The molecule has 1 amide bonds. The predicted molar refractivity (Wildman–Crippen MR) is 110 cm³/mol. The van der Waals surface area contributed by atoms with E-state index in [1.165, 1.54) is 6.08 Å². The quantitative estimate of drug-likeness (QED) is 0.517. The summed E-state index contributed by atoms with van der Waals surface area (Å²) in [7, 11) is 1.55. The van der Waals surface area contributed by atoms with Crippen LogP contribution in [-0.4, -0.2) is 19.6 Å². The number of amides is 1. The number of hydrogen-bond donors (Lipinski definition) is 1. The third kappa shape index (κ3) is 4.89. The molecule has 0 atom stereocenters. The van der Waals surface area contributed by atoms with Crippen LogP contribution in [0.5, 0.6) is 11.5 Å². The number of nitrogens with one attached hydrogen (secondary N) is 1. The molecule has 0 aliphatic carbocycles. The minimum Gasteiger partial charge on any atom is -0.493 e. The highest BCUT2D eigenvalue weighted by Crippen LogP contribution is 2.34. The van der Waals surface area contributed by atoms with Crippen LogP contribution in [0.2, 0.25) is 0 Å². The molecule has 5 nitrogen and oxygen atoms in total. The number of carbonyl (C=O) groups excluding carboxylic acids is 1. The van der Waals surface area contributed by atoms with Gasteiger partial charge >= 0.3 is 0 Å². The van der Waals surface area contributed by atoms with Gasteiger partial charge < -0.3 is 14.8 Å². The van der Waals surface area contributed by atoms with Gasteiger partial charge in [-0.2, -0.15) is 5.26 Å². The molecule has 6 heteroatoms. The highest BCUT2D eigenvalue weighted by Gasteiger charge is 2.15. The number of rotatable bonds is 6. The first kappa shape index (κ1) is 20.5. The molecule has 0 saturated carbocycles. The molecule has 140 valence electrons. The van der Waals surface area contributed by atoms with Gasteiger partial charge in [-0.05, 0) is 55.7 Å². The predicted octanol–water partition coefficient (Wildman–Crippen LogP) is 5.02. The lowest BCUT2D eigenvalue weighted by molar-refractivity contribution is -0.112. The van der Waals surface area contributed by atoms with E-state index in [1.54, 1.807) is 19.2 Å². The van der Waals surface area contributed by atoms with Crippen LogP contribution in [0, 0.1) is 25.2 Å². The Morgan fingerprint density at radius 1 is 1.26 bits per heavy atom. The van der Waals surface area contributed by atoms with Crippen LogP contribution < -0.4 is 14.8 Å². The molecule has 0 aliphatic heterocycles. The summed E-state index contributed by atoms with van der Waals surface area (Å²) in [6.45, 7) is 6.16. The van der Waals surface area contributed by atoms with Crippen molar-refractivity contribution in [2.24, 2.45) is 0 Å². The van der Waals surface area contributed by atoms with Crippen molar-refractivity contribution in [3.05, 3.63) is 57.1 Å². The van der Waals surface area contributed by atoms with E-state index in [4.69, 9.17) is 9.47 Å². The monoisotopic (exact) mass is 428 g/mol. The van der Waals surface area contributed by atoms with E-state index < -0.39 is 5.91 Å². The molecule has 0 aliphatic rings. The van der Waals surface area contributed by atoms with Crippen LogP contribution in [0.3, 0.4) is 0 Å². The third-order valence-electron chi connectivity index (χ3n) is 3.97. The number of nitriles is 1. The van der Waals surface area contributed by atoms with Crippen molar-refractivity contribution in [1.29, 1.82) is 5.26 Å². The number of hydrogen-bond acceptors (Lipinski definition) is 4. The second-order valence-corrected chi connectivity index (χ2v) is 6.70. The summed E-state index contributed by atoms with van der Waals surface area (Å²) < 4.78 is 11.6. The van der Waals surface area contributed by atoms with E-state index in [0.29, 0.717) is 33.8 Å². The first-order valence-electron chi connectivity index (χ1n) is 8.41. The van der Waals surface area contributed by atoms with Crippen molar-refractivity contribution in [2.75, 3.05) is 19.0 Å². The van der Waals surface area contributed by atoms with Crippen LogP contribution in [0.25, 0.3) is 6.08 Å². The van der Waals surface area contributed by atoms with Gasteiger partial charge in [0.05, 0.1) is 13.7 Å². The van der Waals surface area contributed by atoms with Crippen molar-refractivity contribution in [3.63, 3.8) is 0 Å². The number of carbonyl (C=O) groups is 1. The van der Waals surface area contributed by atoms with Crippen LogP contribution in [0.4, 0.5) is 5.69 Å². The number of benzene rings is 2. The molecule has 1 N–H and O–H groups in total. The van der Waals surface area contributed by atoms with Gasteiger partial charge in [0, 0.05) is 10.2 Å². The standard InChI is InChI=1S/C21H21BrN2O3/c1-5-27-19-10-15(17(22)11-18(19)26-4)9-16(12-23)21(25)24-20-13(2)7-6-8-14(20)3/h6-11H,5H2,1-4H3,(H,24,25)/b16-9-. The lowest BCUT2D eigenvalue weighted by Crippen LogP contribution is -2.15. The maximum Gasteiger partial charge on any atom is 0.266 e. The summed E-state index contributed by atoms with van der Waals surface area (Å²) in [5, 5.41) is 12.3. The summed E-state index contributed by atoms with van der Waals surface area (Å²) in [5.74, 6) is 0.650. The average Bonchev–Trinajstić information content (AvgIpc) is 2.64. The van der Waals surface area contributed by atoms with Crippen LogP contribution >= 0.6 is 15.9 Å². The SMILES string of the molecule is CCOc1cc(/C=C(/C#N)C(=O)Nc2c(C)cccc2C)c(Br)cc1OC. The van der Waals surface area contributed by atoms with E-state index in [0.717, 1.165) is 11.1 Å². The number of aryl methyl sites for hydroxylation is 2. The summed E-state index contributed by atoms with van der Waals surface area (Å²) in [6, 6.07) is 11.2. The normalized spacial score (nSPS) is 10.9. The lowest BCUT2D eigenvalue weighted by atomic mass is 10.1. The van der Waals surface area contributed by atoms with E-state index in [9.17, 15) is 10.1 Å². The van der Waals surface area contributed by atoms with E-state index in [2.05, 4.69) is 21.2 Å². The Kier molecular flexibility index (Phi) is 7.03. The Morgan fingerprint density at radius 2 is 1.93 bits per heavy atom. The van der Waals surface area contributed by atoms with Gasteiger partial charge in [0.25, 0.3) is 5.91 Å². The van der Waals surface area contributed by atoms with E-state index in [1.807, 2.05) is 45.0 Å². The molecular weight excluding hydrogens is 408 g/mol. The molecule has 2 aromatic carbocycles. The average molecular weight is 429 g/mol. The van der Waals surface area contributed by atoms with Gasteiger partial charge in [0.15, 0.2) is 11.5 Å². The van der Waals surface area contributed by atoms with Gasteiger partial charge in [0.1, 0.15) is 11.6 Å². The highest BCUT2D eigenvalue weighted by atomic mass is 79.9. The van der Waals surface area contributed by atoms with E-state index in [-0.39, 0.29) is 5.57 Å². The maximum absolute atomic E-state index is 12.6. The Balaban J connectivity index is 2.39. The molecule has 27 heavy (non-hydrogen) atoms. The molecule has 0 aromatic heterocycles. The zero-order chi connectivity index (χ0) is 20.0. The van der Waals surface area contributed by atoms with Crippen molar-refractivity contribution in [1.82, 2.24) is 0 Å².